The van der Waals surface area contributed by atoms with Crippen LogP contribution in [0.1, 0.15) is 26.5 Å². The molecule has 0 atom stereocenters. The molecule has 0 N–H and O–H groups in total. The molecule has 0 spiro atoms. The Bertz CT molecular complexity index is 252. The Labute approximate surface area is 76.7 Å². The molecule has 0 aliphatic heterocycles. The number of nitrogens with zero attached hydrogens (tertiary/aromatic N) is 1. The number of hydrogen-bond acceptors (Lipinski definition) is 3. The molecule has 12 heavy (non-hydrogen) atoms. The van der Waals surface area contributed by atoms with Gasteiger partial charge in [0.25, 0.3) is 0 Å². The highest BCUT2D eigenvalue weighted by atomic mass is 35.5. The van der Waals surface area contributed by atoms with E-state index in [-0.39, 0.29) is 11.7 Å². The number of halogens is 1. The fourth-order valence-electron chi connectivity index (χ4n) is 0.659. The van der Waals surface area contributed by atoms with Crippen molar-refractivity contribution < 1.29 is 9.15 Å². The van der Waals surface area contributed by atoms with Gasteiger partial charge in [0.15, 0.2) is 0 Å². The number of aromatic nitrogens is 1. The van der Waals surface area contributed by atoms with Gasteiger partial charge in [-0.2, -0.15) is 4.98 Å². The van der Waals surface area contributed by atoms with E-state index in [1.807, 2.05) is 20.8 Å². The summed E-state index contributed by atoms with van der Waals surface area (Å²) >= 11 is 5.53. The van der Waals surface area contributed by atoms with E-state index >= 15 is 0 Å². The van der Waals surface area contributed by atoms with Crippen molar-refractivity contribution in [1.82, 2.24) is 4.98 Å². The molecular weight excluding hydrogens is 178 g/mol. The number of rotatable bonds is 2. The van der Waals surface area contributed by atoms with E-state index in [4.69, 9.17) is 20.8 Å². The van der Waals surface area contributed by atoms with Crippen LogP contribution in [0.25, 0.3) is 0 Å². The first kappa shape index (κ1) is 9.39. The highest BCUT2D eigenvalue weighted by Crippen LogP contribution is 2.17. The molecule has 0 radical (unpaired) electrons. The van der Waals surface area contributed by atoms with Crippen LogP contribution < -0.4 is 4.74 Å². The van der Waals surface area contributed by atoms with E-state index in [2.05, 4.69) is 4.98 Å². The van der Waals surface area contributed by atoms with Crippen LogP contribution in [0.4, 0.5) is 0 Å². The lowest BCUT2D eigenvalue weighted by Gasteiger charge is -2.17. The largest absolute Gasteiger partial charge is 0.444 e. The third kappa shape index (κ3) is 2.74. The molecule has 0 aromatic carbocycles. The molecule has 0 fully saturated rings. The standard InChI is InChI=1S/C8H12ClNO2/c1-8(2,3)12-7-10-6(4-9)5-11-7/h5H,4H2,1-3H3. The molecule has 1 heterocycles. The second-order valence-corrected chi connectivity index (χ2v) is 3.72. The van der Waals surface area contributed by atoms with Gasteiger partial charge >= 0.3 is 6.08 Å². The van der Waals surface area contributed by atoms with Crippen LogP contribution in [-0.2, 0) is 5.88 Å². The summed E-state index contributed by atoms with van der Waals surface area (Å²) in [6.07, 6.45) is 1.77. The van der Waals surface area contributed by atoms with Gasteiger partial charge in [0.05, 0.1) is 11.6 Å². The zero-order valence-corrected chi connectivity index (χ0v) is 8.18. The lowest BCUT2D eigenvalue weighted by atomic mass is 10.2. The van der Waals surface area contributed by atoms with Crippen LogP contribution in [0.2, 0.25) is 0 Å². The summed E-state index contributed by atoms with van der Waals surface area (Å²) in [5, 5.41) is 0. The molecule has 0 saturated heterocycles. The molecule has 1 aromatic heterocycles. The van der Waals surface area contributed by atoms with Crippen molar-refractivity contribution >= 4 is 11.6 Å². The van der Waals surface area contributed by atoms with Crippen molar-refractivity contribution in [3.05, 3.63) is 12.0 Å². The summed E-state index contributed by atoms with van der Waals surface area (Å²) in [6.45, 7) is 5.78. The highest BCUT2D eigenvalue weighted by Gasteiger charge is 2.15. The molecule has 68 valence electrons. The van der Waals surface area contributed by atoms with Gasteiger partial charge in [0, 0.05) is 0 Å². The highest BCUT2D eigenvalue weighted by molar-refractivity contribution is 6.16. The molecule has 0 amide bonds. The predicted molar refractivity (Wildman–Crippen MR) is 46.4 cm³/mol. The molecule has 0 saturated carbocycles. The van der Waals surface area contributed by atoms with Crippen LogP contribution in [-0.4, -0.2) is 10.6 Å². The average Bonchev–Trinajstić information content (AvgIpc) is 2.32. The van der Waals surface area contributed by atoms with Crippen LogP contribution >= 0.6 is 11.6 Å². The fraction of sp³-hybridized carbons (Fsp3) is 0.625. The Kier molecular flexibility index (Phi) is 2.62. The third-order valence-electron chi connectivity index (χ3n) is 1.06. The van der Waals surface area contributed by atoms with Crippen LogP contribution in [0, 0.1) is 0 Å². The monoisotopic (exact) mass is 189 g/mol. The van der Waals surface area contributed by atoms with E-state index in [0.29, 0.717) is 11.6 Å². The maximum absolute atomic E-state index is 5.53. The molecule has 1 aromatic rings. The van der Waals surface area contributed by atoms with Gasteiger partial charge in [-0.15, -0.1) is 11.6 Å². The van der Waals surface area contributed by atoms with E-state index in [0.717, 1.165) is 0 Å². The minimum atomic E-state index is -0.283. The molecule has 0 unspecified atom stereocenters. The number of hydrogen-bond donors (Lipinski definition) is 0. The molecule has 0 bridgehead atoms. The molecule has 1 rings (SSSR count). The normalized spacial score (nSPS) is 11.7. The smallest absolute Gasteiger partial charge is 0.394 e. The quantitative estimate of drug-likeness (QED) is 0.671. The van der Waals surface area contributed by atoms with Crippen LogP contribution in [0.15, 0.2) is 10.7 Å². The summed E-state index contributed by atoms with van der Waals surface area (Å²) in [5.74, 6) is 0.344. The Morgan fingerprint density at radius 3 is 2.67 bits per heavy atom. The zero-order chi connectivity index (χ0) is 9.19. The maximum Gasteiger partial charge on any atom is 0.394 e. The summed E-state index contributed by atoms with van der Waals surface area (Å²) in [6, 6.07) is 0. The van der Waals surface area contributed by atoms with Gasteiger partial charge in [-0.1, -0.05) is 0 Å². The molecule has 4 heteroatoms. The molecule has 3 nitrogen and oxygen atoms in total. The average molecular weight is 190 g/mol. The summed E-state index contributed by atoms with van der Waals surface area (Å²) in [7, 11) is 0. The SMILES string of the molecule is CC(C)(C)Oc1nc(CCl)co1. The van der Waals surface area contributed by atoms with Crippen LogP contribution in [0.3, 0.4) is 0 Å². The zero-order valence-electron chi connectivity index (χ0n) is 7.43. The predicted octanol–water partition coefficient (Wildman–Crippen LogP) is 2.59. The Morgan fingerprint density at radius 2 is 2.25 bits per heavy atom. The Balaban J connectivity index is 2.64. The molecule has 0 aliphatic rings. The fourth-order valence-corrected chi connectivity index (χ4v) is 0.781. The first-order valence-corrected chi connectivity index (χ1v) is 4.24. The van der Waals surface area contributed by atoms with Crippen molar-refractivity contribution in [2.24, 2.45) is 0 Å². The van der Waals surface area contributed by atoms with Crippen LogP contribution in [0.5, 0.6) is 6.08 Å². The minimum absolute atomic E-state index is 0.276. The number of alkyl halides is 1. The third-order valence-corrected chi connectivity index (χ3v) is 1.33. The summed E-state index contributed by atoms with van der Waals surface area (Å²) in [5.41, 5.74) is 0.407. The van der Waals surface area contributed by atoms with Crippen molar-refractivity contribution in [2.75, 3.05) is 0 Å². The van der Waals surface area contributed by atoms with E-state index in [1.165, 1.54) is 6.26 Å². The maximum atomic E-state index is 5.53. The topological polar surface area (TPSA) is 35.3 Å². The van der Waals surface area contributed by atoms with Crippen molar-refractivity contribution in [1.29, 1.82) is 0 Å². The summed E-state index contributed by atoms with van der Waals surface area (Å²) in [4.78, 5) is 3.99. The molecule has 0 aliphatic carbocycles. The van der Waals surface area contributed by atoms with E-state index < -0.39 is 0 Å². The molecular formula is C8H12ClNO2. The first-order valence-electron chi connectivity index (χ1n) is 3.70. The second kappa shape index (κ2) is 3.35. The Morgan fingerprint density at radius 1 is 1.58 bits per heavy atom. The van der Waals surface area contributed by atoms with Gasteiger partial charge in [0.1, 0.15) is 11.9 Å². The minimum Gasteiger partial charge on any atom is -0.444 e. The lowest BCUT2D eigenvalue weighted by Crippen LogP contribution is -2.23. The van der Waals surface area contributed by atoms with E-state index in [1.54, 1.807) is 0 Å². The second-order valence-electron chi connectivity index (χ2n) is 3.45. The van der Waals surface area contributed by atoms with E-state index in [9.17, 15) is 0 Å². The Hall–Kier alpha value is -0.700. The van der Waals surface area contributed by atoms with Gasteiger partial charge in [-0.25, -0.2) is 0 Å². The van der Waals surface area contributed by atoms with Crippen molar-refractivity contribution in [3.8, 4) is 6.08 Å². The van der Waals surface area contributed by atoms with Gasteiger partial charge < -0.3 is 9.15 Å². The number of oxazole rings is 1. The lowest BCUT2D eigenvalue weighted by molar-refractivity contribution is 0.0874. The van der Waals surface area contributed by atoms with Gasteiger partial charge in [-0.3, -0.25) is 0 Å². The number of ether oxygens (including phenoxy) is 1. The van der Waals surface area contributed by atoms with Gasteiger partial charge in [-0.05, 0) is 20.8 Å². The summed E-state index contributed by atoms with van der Waals surface area (Å²) < 4.78 is 10.4. The van der Waals surface area contributed by atoms with Crippen molar-refractivity contribution in [3.63, 3.8) is 0 Å². The van der Waals surface area contributed by atoms with Crippen molar-refractivity contribution in [2.45, 2.75) is 32.3 Å². The van der Waals surface area contributed by atoms with Gasteiger partial charge in [0.2, 0.25) is 0 Å². The first-order chi connectivity index (χ1) is 5.51.